The molecule has 3 rings (SSSR count). The van der Waals surface area contributed by atoms with Crippen LogP contribution in [0, 0.1) is 0 Å². The topological polar surface area (TPSA) is 66.5 Å². The Labute approximate surface area is 199 Å². The van der Waals surface area contributed by atoms with E-state index in [-0.39, 0.29) is 23.4 Å². The summed E-state index contributed by atoms with van der Waals surface area (Å²) in [7, 11) is -3.62. The number of anilines is 1. The molecule has 0 aliphatic heterocycles. The van der Waals surface area contributed by atoms with Gasteiger partial charge in [0.05, 0.1) is 23.5 Å². The van der Waals surface area contributed by atoms with Crippen LogP contribution >= 0.6 is 23.2 Å². The van der Waals surface area contributed by atoms with Crippen molar-refractivity contribution in [3.8, 4) is 0 Å². The summed E-state index contributed by atoms with van der Waals surface area (Å²) in [6.07, 6.45) is 1.11. The zero-order valence-electron chi connectivity index (χ0n) is 17.8. The van der Waals surface area contributed by atoms with Gasteiger partial charge in [0, 0.05) is 17.1 Å². The van der Waals surface area contributed by atoms with Crippen LogP contribution in [0.5, 0.6) is 0 Å². The van der Waals surface area contributed by atoms with Gasteiger partial charge in [0.1, 0.15) is 0 Å². The van der Waals surface area contributed by atoms with Crippen LogP contribution in [0.2, 0.25) is 10.0 Å². The van der Waals surface area contributed by atoms with E-state index < -0.39 is 10.0 Å². The van der Waals surface area contributed by atoms with Gasteiger partial charge in [-0.25, -0.2) is 8.42 Å². The highest BCUT2D eigenvalue weighted by Gasteiger charge is 2.21. The molecule has 0 spiro atoms. The van der Waals surface area contributed by atoms with Crippen LogP contribution in [0.25, 0.3) is 0 Å². The van der Waals surface area contributed by atoms with Crippen LogP contribution < -0.4 is 9.62 Å². The van der Waals surface area contributed by atoms with Gasteiger partial charge in [-0.05, 0) is 47.4 Å². The summed E-state index contributed by atoms with van der Waals surface area (Å²) in [6, 6.07) is 21.5. The van der Waals surface area contributed by atoms with Crippen molar-refractivity contribution in [1.29, 1.82) is 0 Å². The van der Waals surface area contributed by atoms with Gasteiger partial charge in [0.2, 0.25) is 10.0 Å². The summed E-state index contributed by atoms with van der Waals surface area (Å²) < 4.78 is 26.0. The monoisotopic (exact) mass is 490 g/mol. The molecule has 0 saturated carbocycles. The van der Waals surface area contributed by atoms with Gasteiger partial charge in [-0.2, -0.15) is 0 Å². The largest absolute Gasteiger partial charge is 0.351 e. The Bertz CT molecular complexity index is 1180. The van der Waals surface area contributed by atoms with Crippen molar-refractivity contribution in [3.05, 3.63) is 99.5 Å². The van der Waals surface area contributed by atoms with Crippen molar-refractivity contribution >= 4 is 44.8 Å². The Hall–Kier alpha value is -2.54. The first-order chi connectivity index (χ1) is 15.1. The molecule has 8 heteroatoms. The molecule has 5 nitrogen and oxygen atoms in total. The molecule has 0 saturated heterocycles. The minimum absolute atomic E-state index is 0.0613. The first-order valence-electron chi connectivity index (χ1n) is 10.00. The van der Waals surface area contributed by atoms with E-state index in [1.54, 1.807) is 36.4 Å². The Balaban J connectivity index is 1.70. The first kappa shape index (κ1) is 24.1. The fourth-order valence-corrected chi connectivity index (χ4v) is 4.56. The predicted octanol–water partition coefficient (Wildman–Crippen LogP) is 5.49. The molecule has 1 unspecified atom stereocenters. The van der Waals surface area contributed by atoms with Gasteiger partial charge in [-0.3, -0.25) is 9.10 Å². The molecular formula is C24H24Cl2N2O3S. The van der Waals surface area contributed by atoms with E-state index in [0.29, 0.717) is 28.4 Å². The van der Waals surface area contributed by atoms with Gasteiger partial charge >= 0.3 is 0 Å². The lowest BCUT2D eigenvalue weighted by Crippen LogP contribution is -2.30. The van der Waals surface area contributed by atoms with Crippen LogP contribution in [0.3, 0.4) is 0 Å². The van der Waals surface area contributed by atoms with Crippen molar-refractivity contribution < 1.29 is 13.2 Å². The van der Waals surface area contributed by atoms with Crippen LogP contribution in [-0.4, -0.2) is 27.1 Å². The van der Waals surface area contributed by atoms with Gasteiger partial charge in [-0.15, -0.1) is 0 Å². The standard InChI is InChI=1S/C24H24Cl2N2O3S/c1-17(19-6-4-3-5-7-19)15-27-24(29)20-10-8-18(9-11-20)16-28(32(2,30)31)23-14-21(25)12-13-22(23)26/h3-14,17H,15-16H2,1-2H3,(H,27,29). The Morgan fingerprint density at radius 2 is 1.66 bits per heavy atom. The SMILES string of the molecule is CC(CNC(=O)c1ccc(CN(c2cc(Cl)ccc2Cl)S(C)(=O)=O)cc1)c1ccccc1. The second-order valence-electron chi connectivity index (χ2n) is 7.58. The maximum Gasteiger partial charge on any atom is 0.251 e. The molecule has 0 aliphatic rings. The van der Waals surface area contributed by atoms with Crippen molar-refractivity contribution in [2.24, 2.45) is 0 Å². The highest BCUT2D eigenvalue weighted by molar-refractivity contribution is 7.92. The molecule has 0 aliphatic carbocycles. The minimum atomic E-state index is -3.62. The smallest absolute Gasteiger partial charge is 0.251 e. The third-order valence-corrected chi connectivity index (χ3v) is 6.74. The number of halogens is 2. The van der Waals surface area contributed by atoms with E-state index in [1.807, 2.05) is 30.3 Å². The maximum absolute atomic E-state index is 12.5. The molecule has 0 bridgehead atoms. The molecular weight excluding hydrogens is 467 g/mol. The molecule has 1 N–H and O–H groups in total. The van der Waals surface area contributed by atoms with E-state index in [4.69, 9.17) is 23.2 Å². The lowest BCUT2D eigenvalue weighted by molar-refractivity contribution is 0.0951. The van der Waals surface area contributed by atoms with Crippen molar-refractivity contribution in [1.82, 2.24) is 5.32 Å². The third-order valence-electron chi connectivity index (χ3n) is 5.06. The number of nitrogens with one attached hydrogen (secondary N) is 1. The number of rotatable bonds is 8. The third kappa shape index (κ3) is 6.25. The number of carbonyl (C=O) groups is 1. The summed E-state index contributed by atoms with van der Waals surface area (Å²) in [5, 5.41) is 3.61. The predicted molar refractivity (Wildman–Crippen MR) is 131 cm³/mol. The van der Waals surface area contributed by atoms with Gasteiger partial charge < -0.3 is 5.32 Å². The molecule has 0 fully saturated rings. The van der Waals surface area contributed by atoms with Crippen molar-refractivity contribution in [3.63, 3.8) is 0 Å². The summed E-state index contributed by atoms with van der Waals surface area (Å²) >= 11 is 12.3. The molecule has 0 aromatic heterocycles. The lowest BCUT2D eigenvalue weighted by atomic mass is 10.0. The number of benzene rings is 3. The zero-order valence-corrected chi connectivity index (χ0v) is 20.1. The first-order valence-corrected chi connectivity index (χ1v) is 12.6. The quantitative estimate of drug-likeness (QED) is 0.453. The Kier molecular flexibility index (Phi) is 7.82. The molecule has 0 radical (unpaired) electrons. The van der Waals surface area contributed by atoms with Crippen LogP contribution in [0.4, 0.5) is 5.69 Å². The van der Waals surface area contributed by atoms with Crippen molar-refractivity contribution in [2.45, 2.75) is 19.4 Å². The van der Waals surface area contributed by atoms with E-state index in [2.05, 4.69) is 12.2 Å². The maximum atomic E-state index is 12.5. The fourth-order valence-electron chi connectivity index (χ4n) is 3.23. The van der Waals surface area contributed by atoms with Gasteiger partial charge in [0.25, 0.3) is 5.91 Å². The number of sulfonamides is 1. The number of carbonyl (C=O) groups excluding carboxylic acids is 1. The summed E-state index contributed by atoms with van der Waals surface area (Å²) in [5.74, 6) is 0.00220. The van der Waals surface area contributed by atoms with Crippen LogP contribution in [0.15, 0.2) is 72.8 Å². The highest BCUT2D eigenvalue weighted by atomic mass is 35.5. The Morgan fingerprint density at radius 1 is 1.00 bits per heavy atom. The average molecular weight is 491 g/mol. The molecule has 168 valence electrons. The number of amides is 1. The molecule has 1 amide bonds. The molecule has 0 heterocycles. The van der Waals surface area contributed by atoms with Gasteiger partial charge in [0.15, 0.2) is 0 Å². The molecule has 1 atom stereocenters. The van der Waals surface area contributed by atoms with Crippen molar-refractivity contribution in [2.75, 3.05) is 17.1 Å². The second kappa shape index (κ2) is 10.4. The summed E-state index contributed by atoms with van der Waals surface area (Å²) in [5.41, 5.74) is 2.67. The molecule has 3 aromatic carbocycles. The molecule has 3 aromatic rings. The highest BCUT2D eigenvalue weighted by Crippen LogP contribution is 2.31. The number of nitrogens with zero attached hydrogens (tertiary/aromatic N) is 1. The van der Waals surface area contributed by atoms with Crippen LogP contribution in [-0.2, 0) is 16.6 Å². The number of hydrogen-bond acceptors (Lipinski definition) is 3. The van der Waals surface area contributed by atoms with Crippen LogP contribution in [0.1, 0.15) is 34.3 Å². The zero-order chi connectivity index (χ0) is 23.3. The second-order valence-corrected chi connectivity index (χ2v) is 10.3. The van der Waals surface area contributed by atoms with E-state index in [0.717, 1.165) is 11.8 Å². The minimum Gasteiger partial charge on any atom is -0.351 e. The van der Waals surface area contributed by atoms with E-state index >= 15 is 0 Å². The lowest BCUT2D eigenvalue weighted by Gasteiger charge is -2.24. The Morgan fingerprint density at radius 3 is 2.28 bits per heavy atom. The van der Waals surface area contributed by atoms with Gasteiger partial charge in [-0.1, -0.05) is 72.6 Å². The normalized spacial score (nSPS) is 12.2. The summed E-state index contributed by atoms with van der Waals surface area (Å²) in [6.45, 7) is 2.63. The molecule has 32 heavy (non-hydrogen) atoms. The van der Waals surface area contributed by atoms with E-state index in [9.17, 15) is 13.2 Å². The average Bonchev–Trinajstić information content (AvgIpc) is 2.77. The summed E-state index contributed by atoms with van der Waals surface area (Å²) in [4.78, 5) is 12.5. The van der Waals surface area contributed by atoms with E-state index in [1.165, 1.54) is 10.4 Å². The fraction of sp³-hybridized carbons (Fsp3) is 0.208. The number of hydrogen-bond donors (Lipinski definition) is 1.